The second-order valence-corrected chi connectivity index (χ2v) is 9.84. The Balaban J connectivity index is 1.41. The molecule has 0 saturated carbocycles. The van der Waals surface area contributed by atoms with Gasteiger partial charge in [0.15, 0.2) is 0 Å². The highest BCUT2D eigenvalue weighted by Gasteiger charge is 2.46. The molecule has 39 heavy (non-hydrogen) atoms. The van der Waals surface area contributed by atoms with Crippen molar-refractivity contribution >= 4 is 17.4 Å². The van der Waals surface area contributed by atoms with Gasteiger partial charge in [0.25, 0.3) is 11.7 Å². The molecule has 5 rings (SSSR count). The fourth-order valence-corrected chi connectivity index (χ4v) is 5.02. The van der Waals surface area contributed by atoms with E-state index in [4.69, 9.17) is 9.47 Å². The molecule has 2 aliphatic rings. The predicted octanol–water partition coefficient (Wildman–Crippen LogP) is 4.03. The van der Waals surface area contributed by atoms with Crippen LogP contribution in [0.1, 0.15) is 28.3 Å². The minimum absolute atomic E-state index is 0.0288. The number of aliphatic hydroxyl groups excluding tert-OH is 1. The standard InChI is InChI=1S/C31H32N2O6/c1-21-3-2-4-22(19-21)20-39-26-11-7-24(8-12-26)29(35)27-28(23-5-9-25(34)10-6-23)33(31(37)30(27)36)14-13-32-15-17-38-18-16-32/h2-12,19,28,34-35H,13-18,20H2,1H3/b29-27+. The number of aryl methyl sites for hydroxylation is 1. The highest BCUT2D eigenvalue weighted by molar-refractivity contribution is 6.46. The molecule has 202 valence electrons. The summed E-state index contributed by atoms with van der Waals surface area (Å²) in [5, 5.41) is 21.1. The van der Waals surface area contributed by atoms with Crippen molar-refractivity contribution < 1.29 is 29.3 Å². The maximum Gasteiger partial charge on any atom is 0.295 e. The number of hydrogen-bond donors (Lipinski definition) is 2. The Kier molecular flexibility index (Phi) is 7.95. The highest BCUT2D eigenvalue weighted by atomic mass is 16.5. The van der Waals surface area contributed by atoms with Crippen molar-refractivity contribution in [3.05, 3.63) is 101 Å². The van der Waals surface area contributed by atoms with E-state index < -0.39 is 17.7 Å². The van der Waals surface area contributed by atoms with Gasteiger partial charge in [0.05, 0.1) is 24.8 Å². The van der Waals surface area contributed by atoms with Gasteiger partial charge in [-0.15, -0.1) is 0 Å². The Hall–Kier alpha value is -4.14. The summed E-state index contributed by atoms with van der Waals surface area (Å²) in [5.41, 5.74) is 3.27. The molecular formula is C31H32N2O6. The van der Waals surface area contributed by atoms with Gasteiger partial charge in [0, 0.05) is 31.7 Å². The number of benzene rings is 3. The number of ketones is 1. The van der Waals surface area contributed by atoms with E-state index in [0.29, 0.717) is 49.8 Å². The SMILES string of the molecule is Cc1cccc(COc2ccc(/C(O)=C3\C(=O)C(=O)N(CCN4CCOCC4)C3c3ccc(O)cc3)cc2)c1. The van der Waals surface area contributed by atoms with E-state index in [2.05, 4.69) is 11.0 Å². The van der Waals surface area contributed by atoms with Crippen LogP contribution in [-0.4, -0.2) is 71.1 Å². The molecule has 2 saturated heterocycles. The van der Waals surface area contributed by atoms with Crippen molar-refractivity contribution in [1.29, 1.82) is 0 Å². The Bertz CT molecular complexity index is 1360. The number of likely N-dealkylation sites (tertiary alicyclic amines) is 1. The average molecular weight is 529 g/mol. The van der Waals surface area contributed by atoms with Crippen LogP contribution in [-0.2, 0) is 20.9 Å². The molecular weight excluding hydrogens is 496 g/mol. The summed E-state index contributed by atoms with van der Waals surface area (Å²) in [5.74, 6) is -0.932. The van der Waals surface area contributed by atoms with Crippen molar-refractivity contribution in [2.75, 3.05) is 39.4 Å². The van der Waals surface area contributed by atoms with E-state index in [-0.39, 0.29) is 17.1 Å². The maximum atomic E-state index is 13.3. The number of carbonyl (C=O) groups is 2. The van der Waals surface area contributed by atoms with Crippen LogP contribution in [0.2, 0.25) is 0 Å². The molecule has 1 atom stereocenters. The van der Waals surface area contributed by atoms with Crippen molar-refractivity contribution in [3.8, 4) is 11.5 Å². The fourth-order valence-electron chi connectivity index (χ4n) is 5.02. The normalized spacial score (nSPS) is 19.4. The largest absolute Gasteiger partial charge is 0.508 e. The summed E-state index contributed by atoms with van der Waals surface area (Å²) in [6.07, 6.45) is 0. The van der Waals surface area contributed by atoms with Crippen molar-refractivity contribution in [3.63, 3.8) is 0 Å². The van der Waals surface area contributed by atoms with Gasteiger partial charge in [-0.2, -0.15) is 0 Å². The van der Waals surface area contributed by atoms with Crippen LogP contribution in [0.15, 0.2) is 78.4 Å². The molecule has 3 aromatic carbocycles. The van der Waals surface area contributed by atoms with Gasteiger partial charge >= 0.3 is 0 Å². The fraction of sp³-hybridized carbons (Fsp3) is 0.290. The lowest BCUT2D eigenvalue weighted by Gasteiger charge is -2.31. The molecule has 8 heteroatoms. The zero-order valence-electron chi connectivity index (χ0n) is 21.9. The lowest BCUT2D eigenvalue weighted by molar-refractivity contribution is -0.140. The first kappa shape index (κ1) is 26.5. The van der Waals surface area contributed by atoms with E-state index in [9.17, 15) is 19.8 Å². The van der Waals surface area contributed by atoms with E-state index >= 15 is 0 Å². The Morgan fingerprint density at radius 2 is 1.69 bits per heavy atom. The van der Waals surface area contributed by atoms with Crippen LogP contribution in [0, 0.1) is 6.92 Å². The number of carbonyl (C=O) groups excluding carboxylic acids is 2. The molecule has 0 spiro atoms. The van der Waals surface area contributed by atoms with Crippen molar-refractivity contribution in [2.45, 2.75) is 19.6 Å². The number of nitrogens with zero attached hydrogens (tertiary/aromatic N) is 2. The first-order valence-corrected chi connectivity index (χ1v) is 13.1. The highest BCUT2D eigenvalue weighted by Crippen LogP contribution is 2.39. The smallest absolute Gasteiger partial charge is 0.295 e. The molecule has 1 unspecified atom stereocenters. The molecule has 0 aromatic heterocycles. The third-order valence-corrected chi connectivity index (χ3v) is 7.13. The number of hydrogen-bond acceptors (Lipinski definition) is 7. The van der Waals surface area contributed by atoms with Crippen LogP contribution >= 0.6 is 0 Å². The van der Waals surface area contributed by atoms with Crippen molar-refractivity contribution in [1.82, 2.24) is 9.80 Å². The number of aliphatic hydroxyl groups is 1. The molecule has 2 N–H and O–H groups in total. The van der Waals surface area contributed by atoms with E-state index in [1.165, 1.54) is 17.0 Å². The Labute approximate surface area is 227 Å². The molecule has 2 aliphatic heterocycles. The predicted molar refractivity (Wildman–Crippen MR) is 146 cm³/mol. The van der Waals surface area contributed by atoms with Gasteiger partial charge in [-0.05, 0) is 54.4 Å². The minimum Gasteiger partial charge on any atom is -0.508 e. The Morgan fingerprint density at radius 3 is 2.38 bits per heavy atom. The number of phenolic OH excluding ortho intramolecular Hbond substituents is 1. The topological polar surface area (TPSA) is 99.5 Å². The number of ether oxygens (including phenoxy) is 2. The summed E-state index contributed by atoms with van der Waals surface area (Å²) >= 11 is 0. The van der Waals surface area contributed by atoms with Crippen LogP contribution < -0.4 is 4.74 Å². The first-order chi connectivity index (χ1) is 18.9. The van der Waals surface area contributed by atoms with Gasteiger partial charge in [-0.25, -0.2) is 0 Å². The van der Waals surface area contributed by atoms with Gasteiger partial charge in [0.1, 0.15) is 23.9 Å². The third kappa shape index (κ3) is 5.97. The monoisotopic (exact) mass is 528 g/mol. The lowest BCUT2D eigenvalue weighted by Crippen LogP contribution is -2.42. The van der Waals surface area contributed by atoms with Crippen molar-refractivity contribution in [2.24, 2.45) is 0 Å². The molecule has 8 nitrogen and oxygen atoms in total. The van der Waals surface area contributed by atoms with E-state index in [1.807, 2.05) is 25.1 Å². The molecule has 2 fully saturated rings. The number of aromatic hydroxyl groups is 1. The summed E-state index contributed by atoms with van der Waals surface area (Å²) in [7, 11) is 0. The van der Waals surface area contributed by atoms with Crippen LogP contribution in [0.4, 0.5) is 0 Å². The van der Waals surface area contributed by atoms with Gasteiger partial charge in [0.2, 0.25) is 0 Å². The molecule has 0 radical (unpaired) electrons. The van der Waals surface area contributed by atoms with Crippen LogP contribution in [0.3, 0.4) is 0 Å². The summed E-state index contributed by atoms with van der Waals surface area (Å²) in [4.78, 5) is 30.2. The Morgan fingerprint density at radius 1 is 0.974 bits per heavy atom. The van der Waals surface area contributed by atoms with E-state index in [1.54, 1.807) is 36.4 Å². The van der Waals surface area contributed by atoms with E-state index in [0.717, 1.165) is 24.2 Å². The quantitative estimate of drug-likeness (QED) is 0.259. The molecule has 0 aliphatic carbocycles. The number of phenols is 1. The number of rotatable bonds is 8. The summed E-state index contributed by atoms with van der Waals surface area (Å²) < 4.78 is 11.3. The molecule has 1 amide bonds. The summed E-state index contributed by atoms with van der Waals surface area (Å²) in [6.45, 7) is 6.10. The number of Topliss-reactive ketones (excluding diaryl/α,β-unsaturated/α-hetero) is 1. The van der Waals surface area contributed by atoms with Gasteiger partial charge in [-0.1, -0.05) is 42.0 Å². The third-order valence-electron chi connectivity index (χ3n) is 7.13. The zero-order chi connectivity index (χ0) is 27.4. The number of morpholine rings is 1. The maximum absolute atomic E-state index is 13.3. The zero-order valence-corrected chi connectivity index (χ0v) is 21.9. The number of amides is 1. The molecule has 3 aromatic rings. The first-order valence-electron chi connectivity index (χ1n) is 13.1. The average Bonchev–Trinajstić information content (AvgIpc) is 3.21. The van der Waals surface area contributed by atoms with Gasteiger partial charge < -0.3 is 24.6 Å². The van der Waals surface area contributed by atoms with Crippen LogP contribution in [0.25, 0.3) is 5.76 Å². The molecule has 0 bridgehead atoms. The second-order valence-electron chi connectivity index (χ2n) is 9.84. The second kappa shape index (κ2) is 11.7. The minimum atomic E-state index is -0.774. The lowest BCUT2D eigenvalue weighted by atomic mass is 9.95. The summed E-state index contributed by atoms with van der Waals surface area (Å²) in [6, 6.07) is 20.5. The van der Waals surface area contributed by atoms with Crippen LogP contribution in [0.5, 0.6) is 11.5 Å². The molecule has 2 heterocycles. The van der Waals surface area contributed by atoms with Gasteiger partial charge in [-0.3, -0.25) is 14.5 Å².